The molecule has 0 unspecified atom stereocenters. The highest BCUT2D eigenvalue weighted by molar-refractivity contribution is 5.89. The van der Waals surface area contributed by atoms with E-state index in [1.165, 1.54) is 0 Å². The Bertz CT molecular complexity index is 294. The minimum absolute atomic E-state index is 0. The Labute approximate surface area is 122 Å². The molecule has 0 fully saturated rings. The highest BCUT2D eigenvalue weighted by Gasteiger charge is 2.56. The van der Waals surface area contributed by atoms with Crippen LogP contribution in [0.4, 0.5) is 52.7 Å². The molecule has 6 nitrogen and oxygen atoms in total. The van der Waals surface area contributed by atoms with Crippen molar-refractivity contribution in [3.8, 4) is 0 Å². The van der Waals surface area contributed by atoms with E-state index in [4.69, 9.17) is 0 Å². The zero-order chi connectivity index (χ0) is 17.2. The number of carbonyl (C=O) groups is 2. The van der Waals surface area contributed by atoms with Crippen molar-refractivity contribution < 1.29 is 84.2 Å². The highest BCUT2D eigenvalue weighted by Crippen LogP contribution is 2.28. The van der Waals surface area contributed by atoms with Gasteiger partial charge in [0.05, 0.1) is 0 Å². The molecule has 0 bridgehead atoms. The average Bonchev–Trinajstić information content (AvgIpc) is 2.10. The SMILES string of the molecule is O.O.O.O.O=C(C(F)(F)F)C(F)(F)F.O=C(C(F)(F)F)C(F)(F)F. The monoisotopic (exact) mass is 404 g/mol. The van der Waals surface area contributed by atoms with E-state index in [1.54, 1.807) is 0 Å². The Morgan fingerprint density at radius 1 is 0.375 bits per heavy atom. The van der Waals surface area contributed by atoms with Gasteiger partial charge in [-0.1, -0.05) is 0 Å². The Morgan fingerprint density at radius 2 is 0.458 bits per heavy atom. The molecule has 0 aromatic rings. The number of ketones is 2. The summed E-state index contributed by atoms with van der Waals surface area (Å²) in [7, 11) is 0. The van der Waals surface area contributed by atoms with Crippen molar-refractivity contribution >= 4 is 11.6 Å². The van der Waals surface area contributed by atoms with Gasteiger partial charge < -0.3 is 21.9 Å². The molecule has 8 N–H and O–H groups in total. The van der Waals surface area contributed by atoms with Crippen molar-refractivity contribution in [3.63, 3.8) is 0 Å². The number of hydrogen-bond donors (Lipinski definition) is 0. The van der Waals surface area contributed by atoms with E-state index in [1.807, 2.05) is 0 Å². The molecule has 0 aromatic heterocycles. The zero-order valence-electron chi connectivity index (χ0n) is 10.4. The topological polar surface area (TPSA) is 160 Å². The number of alkyl halides is 12. The number of rotatable bonds is 0. The lowest BCUT2D eigenvalue weighted by Crippen LogP contribution is -2.36. The Morgan fingerprint density at radius 3 is 0.458 bits per heavy atom. The highest BCUT2D eigenvalue weighted by atomic mass is 19.4. The van der Waals surface area contributed by atoms with E-state index in [-0.39, 0.29) is 21.9 Å². The van der Waals surface area contributed by atoms with Gasteiger partial charge in [0.2, 0.25) is 0 Å². The standard InChI is InChI=1S/2C3F6O.4H2O/c2*4-2(5,6)1(10)3(7,8)9;;;;/h;;4*1H2. The Kier molecular flexibility index (Phi) is 17.5. The predicted molar refractivity (Wildman–Crippen MR) is 48.7 cm³/mol. The number of hydrogen-bond acceptors (Lipinski definition) is 2. The number of carbonyl (C=O) groups excluding carboxylic acids is 2. The first-order chi connectivity index (χ1) is 8.31. The van der Waals surface area contributed by atoms with Gasteiger partial charge in [0.25, 0.3) is 0 Å². The molecule has 0 aliphatic carbocycles. The summed E-state index contributed by atoms with van der Waals surface area (Å²) in [5.74, 6) is -7.36. The van der Waals surface area contributed by atoms with Gasteiger partial charge in [-0.05, 0) is 0 Å². The molecular formula is C6H8F12O6. The van der Waals surface area contributed by atoms with E-state index >= 15 is 0 Å². The number of Topliss-reactive ketones (excluding diaryl/α,β-unsaturated/α-hetero) is 2. The second kappa shape index (κ2) is 11.0. The number of halogens is 12. The quantitative estimate of drug-likeness (QED) is 0.523. The lowest BCUT2D eigenvalue weighted by atomic mass is 10.4. The molecule has 0 radical (unpaired) electrons. The molecule has 0 heterocycles. The fraction of sp³-hybridized carbons (Fsp3) is 0.667. The maximum Gasteiger partial charge on any atom is 0.459 e. The second-order valence-corrected chi connectivity index (χ2v) is 2.65. The molecule has 0 rings (SSSR count). The van der Waals surface area contributed by atoms with Crippen molar-refractivity contribution in [2.75, 3.05) is 0 Å². The summed E-state index contributed by atoms with van der Waals surface area (Å²) < 4.78 is 131. The van der Waals surface area contributed by atoms with Gasteiger partial charge in [0.1, 0.15) is 0 Å². The molecule has 0 spiro atoms. The molecule has 0 amide bonds. The van der Waals surface area contributed by atoms with Crippen LogP contribution >= 0.6 is 0 Å². The van der Waals surface area contributed by atoms with Crippen molar-refractivity contribution in [1.82, 2.24) is 0 Å². The molecule has 152 valence electrons. The third-order valence-corrected chi connectivity index (χ3v) is 1.03. The van der Waals surface area contributed by atoms with E-state index in [2.05, 4.69) is 0 Å². The van der Waals surface area contributed by atoms with Crippen LogP contribution in [-0.4, -0.2) is 58.2 Å². The van der Waals surface area contributed by atoms with Gasteiger partial charge >= 0.3 is 36.3 Å². The van der Waals surface area contributed by atoms with Gasteiger partial charge in [-0.2, -0.15) is 52.7 Å². The van der Waals surface area contributed by atoms with E-state index in [0.717, 1.165) is 0 Å². The first-order valence-electron chi connectivity index (χ1n) is 3.68. The van der Waals surface area contributed by atoms with Crippen molar-refractivity contribution in [1.29, 1.82) is 0 Å². The maximum absolute atomic E-state index is 10.9. The second-order valence-electron chi connectivity index (χ2n) is 2.65. The van der Waals surface area contributed by atoms with Crippen LogP contribution in [0.1, 0.15) is 0 Å². The molecule has 0 aliphatic rings. The fourth-order valence-electron chi connectivity index (χ4n) is 0.321. The maximum atomic E-state index is 10.9. The summed E-state index contributed by atoms with van der Waals surface area (Å²) in [6.07, 6.45) is -23.3. The molecule has 0 saturated carbocycles. The van der Waals surface area contributed by atoms with Crippen LogP contribution in [0.2, 0.25) is 0 Å². The first kappa shape index (κ1) is 38.1. The molecule has 0 saturated heterocycles. The fourth-order valence-corrected chi connectivity index (χ4v) is 0.321. The van der Waals surface area contributed by atoms with E-state index < -0.39 is 36.3 Å². The van der Waals surface area contributed by atoms with Crippen LogP contribution < -0.4 is 0 Å². The minimum atomic E-state index is -5.82. The normalized spacial score (nSPS) is 11.2. The third-order valence-electron chi connectivity index (χ3n) is 1.03. The van der Waals surface area contributed by atoms with Gasteiger partial charge in [-0.25, -0.2) is 0 Å². The van der Waals surface area contributed by atoms with Crippen molar-refractivity contribution in [3.05, 3.63) is 0 Å². The van der Waals surface area contributed by atoms with Crippen LogP contribution in [-0.2, 0) is 9.59 Å². The van der Waals surface area contributed by atoms with E-state index in [9.17, 15) is 62.3 Å². The molecule has 0 aromatic carbocycles. The average molecular weight is 404 g/mol. The molecule has 24 heavy (non-hydrogen) atoms. The van der Waals surface area contributed by atoms with Gasteiger partial charge in [-0.15, -0.1) is 0 Å². The van der Waals surface area contributed by atoms with Crippen LogP contribution in [0, 0.1) is 0 Å². The van der Waals surface area contributed by atoms with Gasteiger partial charge in [0.15, 0.2) is 0 Å². The lowest BCUT2D eigenvalue weighted by molar-refractivity contribution is -0.217. The summed E-state index contributed by atoms with van der Waals surface area (Å²) in [5.41, 5.74) is 0. The van der Waals surface area contributed by atoms with Gasteiger partial charge in [-0.3, -0.25) is 9.59 Å². The Hall–Kier alpha value is -1.66. The van der Waals surface area contributed by atoms with Crippen LogP contribution in [0.25, 0.3) is 0 Å². The smallest absolute Gasteiger partial charge is 0.412 e. The third kappa shape index (κ3) is 15.2. The summed E-state index contributed by atoms with van der Waals surface area (Å²) in [4.78, 5) is 18.5. The Balaban J connectivity index is -0.0000000579. The van der Waals surface area contributed by atoms with Crippen LogP contribution in [0.15, 0.2) is 0 Å². The van der Waals surface area contributed by atoms with Crippen LogP contribution in [0.5, 0.6) is 0 Å². The summed E-state index contributed by atoms with van der Waals surface area (Å²) in [6, 6.07) is 0. The lowest BCUT2D eigenvalue weighted by Gasteiger charge is -2.06. The zero-order valence-corrected chi connectivity index (χ0v) is 10.4. The van der Waals surface area contributed by atoms with Crippen LogP contribution in [0.3, 0.4) is 0 Å². The summed E-state index contributed by atoms with van der Waals surface area (Å²) >= 11 is 0. The van der Waals surface area contributed by atoms with E-state index in [0.29, 0.717) is 0 Å². The van der Waals surface area contributed by atoms with Crippen molar-refractivity contribution in [2.24, 2.45) is 0 Å². The largest absolute Gasteiger partial charge is 0.459 e. The molecule has 18 heteroatoms. The summed E-state index contributed by atoms with van der Waals surface area (Å²) in [6.45, 7) is 0. The minimum Gasteiger partial charge on any atom is -0.412 e. The predicted octanol–water partition coefficient (Wildman–Crippen LogP) is 0.0614. The first-order valence-corrected chi connectivity index (χ1v) is 3.68. The van der Waals surface area contributed by atoms with Gasteiger partial charge in [0, 0.05) is 0 Å². The molecule has 0 aliphatic heterocycles. The summed E-state index contributed by atoms with van der Waals surface area (Å²) in [5, 5.41) is 0. The molecular weight excluding hydrogens is 396 g/mol. The van der Waals surface area contributed by atoms with Crippen molar-refractivity contribution in [2.45, 2.75) is 24.7 Å². The molecule has 0 atom stereocenters.